The molecule has 2 aromatic heterocycles. The number of hydrogen-bond donors (Lipinski definition) is 0. The zero-order chi connectivity index (χ0) is 18.2. The first-order valence-electron chi connectivity index (χ1n) is 9.63. The molecular formula is C21H23N3O2S. The van der Waals surface area contributed by atoms with Crippen molar-refractivity contribution in [2.24, 2.45) is 0 Å². The molecule has 0 unspecified atom stereocenters. The first-order chi connectivity index (χ1) is 13.3. The summed E-state index contributed by atoms with van der Waals surface area (Å²) in [5, 5.41) is 1.07. The van der Waals surface area contributed by atoms with E-state index in [0.717, 1.165) is 55.7 Å². The molecule has 1 aliphatic heterocycles. The maximum absolute atomic E-state index is 5.50. The van der Waals surface area contributed by atoms with Crippen molar-refractivity contribution in [3.8, 4) is 16.9 Å². The highest BCUT2D eigenvalue weighted by atomic mass is 32.1. The molecule has 1 aliphatic carbocycles. The molecule has 5 rings (SSSR count). The lowest BCUT2D eigenvalue weighted by atomic mass is 9.89. The Morgan fingerprint density at radius 3 is 2.59 bits per heavy atom. The van der Waals surface area contributed by atoms with Crippen LogP contribution in [-0.4, -0.2) is 43.4 Å². The third-order valence-electron chi connectivity index (χ3n) is 5.47. The molecule has 3 aromatic rings. The Morgan fingerprint density at radius 1 is 1.04 bits per heavy atom. The van der Waals surface area contributed by atoms with Gasteiger partial charge in [-0.05, 0) is 48.9 Å². The smallest absolute Gasteiger partial charge is 0.188 e. The molecular weight excluding hydrogens is 358 g/mol. The van der Waals surface area contributed by atoms with Gasteiger partial charge in [0.15, 0.2) is 10.8 Å². The molecule has 5 nitrogen and oxygen atoms in total. The van der Waals surface area contributed by atoms with Crippen molar-refractivity contribution in [1.82, 2.24) is 9.97 Å². The molecule has 3 heterocycles. The van der Waals surface area contributed by atoms with Crippen LogP contribution in [0, 0.1) is 0 Å². The van der Waals surface area contributed by atoms with Gasteiger partial charge in [-0.3, -0.25) is 0 Å². The van der Waals surface area contributed by atoms with Crippen LogP contribution in [-0.2, 0) is 17.6 Å². The Labute approximate surface area is 163 Å². The van der Waals surface area contributed by atoms with E-state index in [2.05, 4.69) is 17.0 Å². The van der Waals surface area contributed by atoms with E-state index in [0.29, 0.717) is 0 Å². The molecule has 2 aliphatic rings. The molecule has 0 spiro atoms. The quantitative estimate of drug-likeness (QED) is 0.684. The fourth-order valence-electron chi connectivity index (χ4n) is 4.04. The monoisotopic (exact) mass is 381 g/mol. The number of hydrogen-bond acceptors (Lipinski definition) is 6. The Balaban J connectivity index is 1.68. The number of methoxy groups -OCH3 is 1. The number of ether oxygens (including phenoxy) is 2. The van der Waals surface area contributed by atoms with Crippen molar-refractivity contribution in [1.29, 1.82) is 0 Å². The van der Waals surface area contributed by atoms with Crippen LogP contribution in [0.1, 0.15) is 24.1 Å². The minimum Gasteiger partial charge on any atom is -0.497 e. The zero-order valence-electron chi connectivity index (χ0n) is 15.5. The summed E-state index contributed by atoms with van der Waals surface area (Å²) in [7, 11) is 1.71. The van der Waals surface area contributed by atoms with E-state index in [1.165, 1.54) is 39.9 Å². The number of morpholine rings is 1. The van der Waals surface area contributed by atoms with Crippen molar-refractivity contribution in [3.63, 3.8) is 0 Å². The van der Waals surface area contributed by atoms with E-state index in [9.17, 15) is 0 Å². The van der Waals surface area contributed by atoms with Crippen molar-refractivity contribution < 1.29 is 9.47 Å². The molecule has 1 saturated heterocycles. The van der Waals surface area contributed by atoms with E-state index in [1.807, 2.05) is 12.1 Å². The van der Waals surface area contributed by atoms with Gasteiger partial charge in [-0.15, -0.1) is 0 Å². The van der Waals surface area contributed by atoms with Gasteiger partial charge in [-0.2, -0.15) is 4.98 Å². The molecule has 1 aromatic carbocycles. The average molecular weight is 382 g/mol. The third-order valence-corrected chi connectivity index (χ3v) is 6.59. The second-order valence-corrected chi connectivity index (χ2v) is 8.07. The number of rotatable bonds is 3. The van der Waals surface area contributed by atoms with Crippen LogP contribution < -0.4 is 9.64 Å². The normalized spacial score (nSPS) is 17.1. The topological polar surface area (TPSA) is 47.5 Å². The van der Waals surface area contributed by atoms with Gasteiger partial charge >= 0.3 is 0 Å². The molecule has 0 N–H and O–H groups in total. The van der Waals surface area contributed by atoms with Crippen LogP contribution >= 0.6 is 11.3 Å². The summed E-state index contributed by atoms with van der Waals surface area (Å²) in [6, 6.07) is 8.41. The van der Waals surface area contributed by atoms with Crippen molar-refractivity contribution in [3.05, 3.63) is 35.5 Å². The van der Waals surface area contributed by atoms with E-state index in [1.54, 1.807) is 18.4 Å². The van der Waals surface area contributed by atoms with E-state index in [-0.39, 0.29) is 0 Å². The number of nitrogens with zero attached hydrogens (tertiary/aromatic N) is 3. The number of thiazole rings is 1. The van der Waals surface area contributed by atoms with E-state index < -0.39 is 0 Å². The Morgan fingerprint density at radius 2 is 1.81 bits per heavy atom. The van der Waals surface area contributed by atoms with Gasteiger partial charge in [0.2, 0.25) is 0 Å². The number of aryl methyl sites for hydroxylation is 1. The van der Waals surface area contributed by atoms with Crippen LogP contribution in [0.4, 0.5) is 5.13 Å². The number of pyridine rings is 1. The fraction of sp³-hybridized carbons (Fsp3) is 0.429. The highest BCUT2D eigenvalue weighted by molar-refractivity contribution is 7.22. The Bertz CT molecular complexity index is 962. The van der Waals surface area contributed by atoms with E-state index in [4.69, 9.17) is 19.4 Å². The van der Waals surface area contributed by atoms with Gasteiger partial charge in [-0.1, -0.05) is 23.5 Å². The molecule has 0 amide bonds. The highest BCUT2D eigenvalue weighted by Crippen LogP contribution is 2.41. The zero-order valence-corrected chi connectivity index (χ0v) is 16.3. The summed E-state index contributed by atoms with van der Waals surface area (Å²) in [6.07, 6.45) is 4.61. The Kier molecular flexibility index (Phi) is 4.45. The minimum absolute atomic E-state index is 0.769. The molecule has 1 fully saturated rings. The number of fused-ring (bicyclic) bond motifs is 2. The maximum Gasteiger partial charge on any atom is 0.188 e. The average Bonchev–Trinajstić information content (AvgIpc) is 3.16. The van der Waals surface area contributed by atoms with Crippen molar-refractivity contribution in [2.75, 3.05) is 38.3 Å². The summed E-state index contributed by atoms with van der Waals surface area (Å²) < 4.78 is 12.1. The molecule has 0 radical (unpaired) electrons. The fourth-order valence-corrected chi connectivity index (χ4v) is 5.19. The lowest BCUT2D eigenvalue weighted by Crippen LogP contribution is -2.36. The molecule has 0 bridgehead atoms. The summed E-state index contributed by atoms with van der Waals surface area (Å²) >= 11 is 1.77. The number of aromatic nitrogens is 2. The first-order valence-corrected chi connectivity index (χ1v) is 10.4. The van der Waals surface area contributed by atoms with Crippen LogP contribution in [0.25, 0.3) is 21.5 Å². The molecule has 27 heavy (non-hydrogen) atoms. The first kappa shape index (κ1) is 17.0. The summed E-state index contributed by atoms with van der Waals surface area (Å²) in [5.74, 6) is 0.885. The summed E-state index contributed by atoms with van der Waals surface area (Å²) in [6.45, 7) is 3.34. The van der Waals surface area contributed by atoms with Gasteiger partial charge in [0.05, 0.1) is 25.0 Å². The molecule has 6 heteroatoms. The largest absolute Gasteiger partial charge is 0.497 e. The minimum atomic E-state index is 0.769. The Hall–Kier alpha value is -2.18. The summed E-state index contributed by atoms with van der Waals surface area (Å²) in [4.78, 5) is 12.2. The van der Waals surface area contributed by atoms with Crippen LogP contribution in [0.2, 0.25) is 0 Å². The molecule has 0 atom stereocenters. The third kappa shape index (κ3) is 3.07. The second-order valence-electron chi connectivity index (χ2n) is 7.10. The van der Waals surface area contributed by atoms with Crippen molar-refractivity contribution >= 4 is 26.8 Å². The molecule has 140 valence electrons. The van der Waals surface area contributed by atoms with Gasteiger partial charge in [-0.25, -0.2) is 4.98 Å². The van der Waals surface area contributed by atoms with Gasteiger partial charge < -0.3 is 14.4 Å². The van der Waals surface area contributed by atoms with E-state index >= 15 is 0 Å². The second kappa shape index (κ2) is 7.09. The number of benzene rings is 1. The molecule has 0 saturated carbocycles. The predicted molar refractivity (Wildman–Crippen MR) is 109 cm³/mol. The predicted octanol–water partition coefficient (Wildman–Crippen LogP) is 4.08. The van der Waals surface area contributed by atoms with Crippen molar-refractivity contribution in [2.45, 2.75) is 25.7 Å². The lowest BCUT2D eigenvalue weighted by molar-refractivity contribution is 0.122. The van der Waals surface area contributed by atoms with Crippen LogP contribution in [0.5, 0.6) is 5.75 Å². The maximum atomic E-state index is 5.50. The SMILES string of the molecule is COc1ccc(-c2c3c(nc4nc(N5CCOCC5)sc24)CCCC3)cc1. The van der Waals surface area contributed by atoms with Gasteiger partial charge in [0.1, 0.15) is 5.75 Å². The lowest BCUT2D eigenvalue weighted by Gasteiger charge is -2.25. The number of anilines is 1. The van der Waals surface area contributed by atoms with Gasteiger partial charge in [0, 0.05) is 24.3 Å². The van der Waals surface area contributed by atoms with Crippen LogP contribution in [0.15, 0.2) is 24.3 Å². The van der Waals surface area contributed by atoms with Gasteiger partial charge in [0.25, 0.3) is 0 Å². The summed E-state index contributed by atoms with van der Waals surface area (Å²) in [5.41, 5.74) is 6.11. The highest BCUT2D eigenvalue weighted by Gasteiger charge is 2.24. The van der Waals surface area contributed by atoms with Crippen LogP contribution in [0.3, 0.4) is 0 Å². The standard InChI is InChI=1S/C21H23N3O2S/c1-25-15-8-6-14(7-9-15)18-16-4-2-3-5-17(16)22-20-19(18)27-21(23-20)24-10-12-26-13-11-24/h6-9H,2-5,10-13H2,1H3.